The highest BCUT2D eigenvalue weighted by Gasteiger charge is 2.21. The Labute approximate surface area is 135 Å². The van der Waals surface area contributed by atoms with Gasteiger partial charge in [0.15, 0.2) is 0 Å². The van der Waals surface area contributed by atoms with Gasteiger partial charge in [-0.05, 0) is 34.1 Å². The molecule has 0 aliphatic carbocycles. The summed E-state index contributed by atoms with van der Waals surface area (Å²) < 4.78 is 0. The van der Waals surface area contributed by atoms with E-state index < -0.39 is 0 Å². The van der Waals surface area contributed by atoms with Gasteiger partial charge in [0.1, 0.15) is 0 Å². The average molecular weight is 329 g/mol. The molecule has 1 unspecified atom stereocenters. The maximum absolute atomic E-state index is 12.1. The van der Waals surface area contributed by atoms with E-state index in [2.05, 4.69) is 21.7 Å². The third-order valence-electron chi connectivity index (χ3n) is 3.65. The lowest BCUT2D eigenvalue weighted by Crippen LogP contribution is -2.48. The Kier molecular flexibility index (Phi) is 7.03. The molecule has 1 aliphatic rings. The van der Waals surface area contributed by atoms with Crippen LogP contribution in [0.25, 0.3) is 0 Å². The van der Waals surface area contributed by atoms with Crippen molar-refractivity contribution in [2.45, 2.75) is 13.5 Å². The second-order valence-electron chi connectivity index (χ2n) is 5.59. The Hall–Kier alpha value is -0.560. The molecule has 2 rings (SSSR count). The lowest BCUT2D eigenvalue weighted by molar-refractivity contribution is -0.130. The third-order valence-corrected chi connectivity index (χ3v) is 5.64. The van der Waals surface area contributed by atoms with Crippen molar-refractivity contribution < 1.29 is 9.90 Å². The first-order chi connectivity index (χ1) is 10.2. The van der Waals surface area contributed by atoms with Crippen LogP contribution in [0.3, 0.4) is 0 Å². The first-order valence-corrected chi connectivity index (χ1v) is 9.48. The van der Waals surface area contributed by atoms with Crippen molar-refractivity contribution in [1.82, 2.24) is 9.80 Å². The van der Waals surface area contributed by atoms with Crippen molar-refractivity contribution in [3.05, 3.63) is 22.4 Å². The molecular formula is C15H24N2O2S2. The van der Waals surface area contributed by atoms with Crippen molar-refractivity contribution in [3.8, 4) is 0 Å². The van der Waals surface area contributed by atoms with E-state index >= 15 is 0 Å². The molecule has 1 saturated heterocycles. The van der Waals surface area contributed by atoms with Gasteiger partial charge < -0.3 is 10.0 Å². The van der Waals surface area contributed by atoms with Crippen molar-refractivity contribution in [2.24, 2.45) is 5.92 Å². The topological polar surface area (TPSA) is 43.8 Å². The minimum absolute atomic E-state index is 0.197. The monoisotopic (exact) mass is 328 g/mol. The molecule has 1 fully saturated rings. The van der Waals surface area contributed by atoms with Gasteiger partial charge in [-0.1, -0.05) is 6.92 Å². The van der Waals surface area contributed by atoms with E-state index in [0.29, 0.717) is 5.75 Å². The van der Waals surface area contributed by atoms with Gasteiger partial charge in [-0.25, -0.2) is 0 Å². The van der Waals surface area contributed by atoms with Gasteiger partial charge in [0, 0.05) is 39.3 Å². The molecule has 1 atom stereocenters. The van der Waals surface area contributed by atoms with E-state index in [4.69, 9.17) is 5.11 Å². The number of aliphatic hydroxyl groups excluding tert-OH is 1. The minimum atomic E-state index is 0.197. The van der Waals surface area contributed by atoms with Gasteiger partial charge in [0.2, 0.25) is 5.91 Å². The molecule has 1 N–H and O–H groups in total. The molecule has 1 aromatic heterocycles. The molecule has 2 heterocycles. The van der Waals surface area contributed by atoms with Crippen LogP contribution in [0.4, 0.5) is 0 Å². The van der Waals surface area contributed by atoms with Crippen LogP contribution in [0.15, 0.2) is 16.8 Å². The molecule has 0 radical (unpaired) electrons. The molecule has 21 heavy (non-hydrogen) atoms. The minimum Gasteiger partial charge on any atom is -0.396 e. The lowest BCUT2D eigenvalue weighted by Gasteiger charge is -2.34. The molecule has 0 spiro atoms. The van der Waals surface area contributed by atoms with Crippen LogP contribution in [0.1, 0.15) is 12.5 Å². The summed E-state index contributed by atoms with van der Waals surface area (Å²) in [6, 6.07) is 2.17. The van der Waals surface area contributed by atoms with Gasteiger partial charge in [0.05, 0.1) is 5.75 Å². The molecule has 1 amide bonds. The van der Waals surface area contributed by atoms with E-state index in [-0.39, 0.29) is 18.4 Å². The molecule has 1 aliphatic heterocycles. The SMILES string of the molecule is CC(CO)CSCC(=O)N1CCN(Cc2ccsc2)CC1. The first kappa shape index (κ1) is 16.8. The number of rotatable bonds is 7. The van der Waals surface area contributed by atoms with Crippen LogP contribution < -0.4 is 0 Å². The van der Waals surface area contributed by atoms with Crippen LogP contribution in [0, 0.1) is 5.92 Å². The molecule has 0 saturated carbocycles. The zero-order chi connectivity index (χ0) is 15.1. The Bertz CT molecular complexity index is 417. The van der Waals surface area contributed by atoms with Gasteiger partial charge in [-0.15, -0.1) is 0 Å². The highest BCUT2D eigenvalue weighted by atomic mass is 32.2. The van der Waals surface area contributed by atoms with Gasteiger partial charge in [-0.3, -0.25) is 9.69 Å². The van der Waals surface area contributed by atoms with E-state index in [1.54, 1.807) is 23.1 Å². The number of aliphatic hydroxyl groups is 1. The average Bonchev–Trinajstić information content (AvgIpc) is 3.00. The Morgan fingerprint density at radius 2 is 2.19 bits per heavy atom. The Balaban J connectivity index is 1.65. The Morgan fingerprint density at radius 1 is 1.43 bits per heavy atom. The number of hydrogen-bond donors (Lipinski definition) is 1. The van der Waals surface area contributed by atoms with Crippen molar-refractivity contribution in [1.29, 1.82) is 0 Å². The highest BCUT2D eigenvalue weighted by Crippen LogP contribution is 2.13. The van der Waals surface area contributed by atoms with Crippen LogP contribution >= 0.6 is 23.1 Å². The van der Waals surface area contributed by atoms with E-state index in [9.17, 15) is 4.79 Å². The van der Waals surface area contributed by atoms with Crippen molar-refractivity contribution in [2.75, 3.05) is 44.3 Å². The first-order valence-electron chi connectivity index (χ1n) is 7.39. The maximum Gasteiger partial charge on any atom is 0.232 e. The summed E-state index contributed by atoms with van der Waals surface area (Å²) in [6.45, 7) is 6.77. The van der Waals surface area contributed by atoms with Crippen LogP contribution in [-0.4, -0.2) is 65.1 Å². The number of hydrogen-bond acceptors (Lipinski definition) is 5. The predicted octanol–water partition coefficient (Wildman–Crippen LogP) is 1.75. The lowest BCUT2D eigenvalue weighted by atomic mass is 10.2. The van der Waals surface area contributed by atoms with E-state index in [0.717, 1.165) is 38.5 Å². The zero-order valence-corrected chi connectivity index (χ0v) is 14.2. The van der Waals surface area contributed by atoms with E-state index in [1.807, 2.05) is 11.8 Å². The number of carbonyl (C=O) groups is 1. The Morgan fingerprint density at radius 3 is 2.81 bits per heavy atom. The largest absolute Gasteiger partial charge is 0.396 e. The smallest absolute Gasteiger partial charge is 0.232 e. The summed E-state index contributed by atoms with van der Waals surface area (Å²) in [6.07, 6.45) is 0. The van der Waals surface area contributed by atoms with Gasteiger partial charge >= 0.3 is 0 Å². The molecular weight excluding hydrogens is 304 g/mol. The fraction of sp³-hybridized carbons (Fsp3) is 0.667. The summed E-state index contributed by atoms with van der Waals surface area (Å²) in [5, 5.41) is 13.3. The number of thiophene rings is 1. The summed E-state index contributed by atoms with van der Waals surface area (Å²) in [5.41, 5.74) is 1.37. The summed E-state index contributed by atoms with van der Waals surface area (Å²) >= 11 is 3.36. The fourth-order valence-electron chi connectivity index (χ4n) is 2.29. The number of thioether (sulfide) groups is 1. The molecule has 6 heteroatoms. The van der Waals surface area contributed by atoms with Crippen LogP contribution in [0.2, 0.25) is 0 Å². The highest BCUT2D eigenvalue weighted by molar-refractivity contribution is 7.99. The molecule has 118 valence electrons. The summed E-state index contributed by atoms with van der Waals surface area (Å²) in [4.78, 5) is 16.5. The second-order valence-corrected chi connectivity index (χ2v) is 7.40. The zero-order valence-electron chi connectivity index (χ0n) is 12.5. The number of carbonyl (C=O) groups excluding carboxylic acids is 1. The molecule has 0 aromatic carbocycles. The fourth-order valence-corrected chi connectivity index (χ4v) is 3.93. The van der Waals surface area contributed by atoms with Gasteiger partial charge in [0.25, 0.3) is 0 Å². The number of piperazine rings is 1. The normalized spacial score (nSPS) is 17.9. The van der Waals surface area contributed by atoms with Crippen molar-refractivity contribution in [3.63, 3.8) is 0 Å². The summed E-state index contributed by atoms with van der Waals surface area (Å²) in [7, 11) is 0. The number of nitrogens with zero attached hydrogens (tertiary/aromatic N) is 2. The van der Waals surface area contributed by atoms with Gasteiger partial charge in [-0.2, -0.15) is 23.1 Å². The molecule has 0 bridgehead atoms. The quantitative estimate of drug-likeness (QED) is 0.828. The van der Waals surface area contributed by atoms with Crippen molar-refractivity contribution >= 4 is 29.0 Å². The standard InChI is InChI=1S/C15H24N2O2S2/c1-13(9-18)10-21-12-15(19)17-5-3-16(4-6-17)8-14-2-7-20-11-14/h2,7,11,13,18H,3-6,8-10,12H2,1H3. The number of amides is 1. The van der Waals surface area contributed by atoms with Crippen LogP contribution in [0.5, 0.6) is 0 Å². The molecule has 4 nitrogen and oxygen atoms in total. The third kappa shape index (κ3) is 5.62. The van der Waals surface area contributed by atoms with E-state index in [1.165, 1.54) is 5.56 Å². The second kappa shape index (κ2) is 8.78. The summed E-state index contributed by atoms with van der Waals surface area (Å²) in [5.74, 6) is 1.89. The van der Waals surface area contributed by atoms with Crippen LogP contribution in [-0.2, 0) is 11.3 Å². The maximum atomic E-state index is 12.1. The predicted molar refractivity (Wildman–Crippen MR) is 89.8 cm³/mol. The molecule has 1 aromatic rings.